The smallest absolute Gasteiger partial charge is 0.335 e. The molecule has 0 bridgehead atoms. The Morgan fingerprint density at radius 1 is 1.08 bits per heavy atom. The van der Waals surface area contributed by atoms with Gasteiger partial charge in [-0.25, -0.2) is 14.8 Å². The minimum atomic E-state index is -0.956. The van der Waals surface area contributed by atoms with Gasteiger partial charge < -0.3 is 10.0 Å². The van der Waals surface area contributed by atoms with Gasteiger partial charge in [-0.3, -0.25) is 0 Å². The molecule has 1 aliphatic rings. The number of carbonyl (C=O) groups is 1. The number of carboxylic acids is 1. The quantitative estimate of drug-likeness (QED) is 0.796. The van der Waals surface area contributed by atoms with Crippen LogP contribution in [0.1, 0.15) is 23.2 Å². The molecule has 0 radical (unpaired) electrons. The van der Waals surface area contributed by atoms with Crippen LogP contribution in [0.3, 0.4) is 0 Å². The van der Waals surface area contributed by atoms with Crippen LogP contribution in [0.15, 0.2) is 48.5 Å². The molecule has 5 nitrogen and oxygen atoms in total. The third-order valence-corrected chi connectivity index (χ3v) is 4.37. The minimum absolute atomic E-state index is 0.226. The molecule has 0 amide bonds. The fourth-order valence-corrected chi connectivity index (χ4v) is 2.85. The molecule has 1 aromatic heterocycles. The number of benzene rings is 2. The number of aromatic nitrogens is 2. The van der Waals surface area contributed by atoms with Crippen LogP contribution in [-0.2, 0) is 0 Å². The number of aromatic carboxylic acids is 1. The molecular weight excluding hydrogens is 302 g/mol. The molecule has 1 heterocycles. The average molecular weight is 319 g/mol. The summed E-state index contributed by atoms with van der Waals surface area (Å²) in [4.78, 5) is 22.9. The Bertz CT molecular complexity index is 921. The van der Waals surface area contributed by atoms with Crippen LogP contribution in [0.4, 0.5) is 5.82 Å². The summed E-state index contributed by atoms with van der Waals surface area (Å²) in [7, 11) is 2.03. The van der Waals surface area contributed by atoms with E-state index in [1.165, 1.54) is 0 Å². The molecular formula is C19H17N3O2. The summed E-state index contributed by atoms with van der Waals surface area (Å²) in [6, 6.07) is 15.3. The minimum Gasteiger partial charge on any atom is -0.478 e. The number of nitrogens with zero attached hydrogens (tertiary/aromatic N) is 3. The molecule has 120 valence electrons. The number of rotatable bonds is 4. The first-order valence-corrected chi connectivity index (χ1v) is 7.97. The summed E-state index contributed by atoms with van der Waals surface area (Å²) >= 11 is 0. The topological polar surface area (TPSA) is 66.3 Å². The SMILES string of the molecule is CN(c1nc2cc(C(=O)O)ccc2nc1-c1ccccc1)C1CC1. The largest absolute Gasteiger partial charge is 0.478 e. The van der Waals surface area contributed by atoms with Gasteiger partial charge in [0.05, 0.1) is 16.6 Å². The van der Waals surface area contributed by atoms with E-state index in [9.17, 15) is 9.90 Å². The molecule has 24 heavy (non-hydrogen) atoms. The van der Waals surface area contributed by atoms with Gasteiger partial charge in [-0.2, -0.15) is 0 Å². The Morgan fingerprint density at radius 3 is 2.50 bits per heavy atom. The highest BCUT2D eigenvalue weighted by molar-refractivity contribution is 5.93. The predicted molar refractivity (Wildman–Crippen MR) is 93.4 cm³/mol. The number of anilines is 1. The summed E-state index contributed by atoms with van der Waals surface area (Å²) < 4.78 is 0. The Balaban J connectivity index is 1.93. The molecule has 5 heteroatoms. The zero-order chi connectivity index (χ0) is 16.7. The number of fused-ring (bicyclic) bond motifs is 1. The lowest BCUT2D eigenvalue weighted by Crippen LogP contribution is -2.22. The molecule has 1 aliphatic carbocycles. The van der Waals surface area contributed by atoms with Crippen LogP contribution in [0.5, 0.6) is 0 Å². The maximum absolute atomic E-state index is 11.2. The third kappa shape index (κ3) is 2.58. The molecule has 2 aromatic carbocycles. The highest BCUT2D eigenvalue weighted by atomic mass is 16.4. The van der Waals surface area contributed by atoms with Gasteiger partial charge in [0.2, 0.25) is 0 Å². The van der Waals surface area contributed by atoms with E-state index in [0.29, 0.717) is 17.1 Å². The molecule has 0 spiro atoms. The van der Waals surface area contributed by atoms with Gasteiger partial charge in [-0.05, 0) is 31.0 Å². The zero-order valence-corrected chi connectivity index (χ0v) is 13.3. The van der Waals surface area contributed by atoms with Gasteiger partial charge in [-0.1, -0.05) is 30.3 Å². The second-order valence-corrected chi connectivity index (χ2v) is 6.11. The molecule has 3 aromatic rings. The first kappa shape index (κ1) is 14.6. The standard InChI is InChI=1S/C19H17N3O2/c1-22(14-8-9-14)18-17(12-5-3-2-4-6-12)20-15-10-7-13(19(23)24)11-16(15)21-18/h2-7,10-11,14H,8-9H2,1H3,(H,23,24). The molecule has 0 aliphatic heterocycles. The van der Waals surface area contributed by atoms with Gasteiger partial charge in [0.25, 0.3) is 0 Å². The van der Waals surface area contributed by atoms with E-state index in [-0.39, 0.29) is 5.56 Å². The van der Waals surface area contributed by atoms with Gasteiger partial charge in [-0.15, -0.1) is 0 Å². The molecule has 1 saturated carbocycles. The second kappa shape index (κ2) is 5.60. The van der Waals surface area contributed by atoms with E-state index in [4.69, 9.17) is 9.97 Å². The lowest BCUT2D eigenvalue weighted by atomic mass is 10.1. The summed E-state index contributed by atoms with van der Waals surface area (Å²) in [6.07, 6.45) is 2.30. The van der Waals surface area contributed by atoms with E-state index >= 15 is 0 Å². The van der Waals surface area contributed by atoms with E-state index in [2.05, 4.69) is 4.90 Å². The second-order valence-electron chi connectivity index (χ2n) is 6.11. The summed E-state index contributed by atoms with van der Waals surface area (Å²) in [6.45, 7) is 0. The normalized spacial score (nSPS) is 13.9. The molecule has 4 rings (SSSR count). The molecule has 1 fully saturated rings. The highest BCUT2D eigenvalue weighted by Crippen LogP contribution is 2.35. The van der Waals surface area contributed by atoms with Gasteiger partial charge in [0, 0.05) is 18.7 Å². The molecule has 0 unspecified atom stereocenters. The van der Waals surface area contributed by atoms with Crippen molar-refractivity contribution in [3.05, 3.63) is 54.1 Å². The van der Waals surface area contributed by atoms with Crippen molar-refractivity contribution in [1.82, 2.24) is 9.97 Å². The van der Waals surface area contributed by atoms with Crippen LogP contribution in [0.2, 0.25) is 0 Å². The first-order valence-electron chi connectivity index (χ1n) is 7.97. The summed E-state index contributed by atoms with van der Waals surface area (Å²) in [5.74, 6) is -0.151. The van der Waals surface area contributed by atoms with Crippen LogP contribution < -0.4 is 4.90 Å². The summed E-state index contributed by atoms with van der Waals surface area (Å²) in [5.41, 5.74) is 3.38. The average Bonchev–Trinajstić information content (AvgIpc) is 3.45. The Kier molecular flexibility index (Phi) is 3.41. The Hall–Kier alpha value is -2.95. The van der Waals surface area contributed by atoms with Gasteiger partial charge >= 0.3 is 5.97 Å². The van der Waals surface area contributed by atoms with Crippen molar-refractivity contribution in [2.45, 2.75) is 18.9 Å². The van der Waals surface area contributed by atoms with Crippen LogP contribution in [0.25, 0.3) is 22.3 Å². The maximum Gasteiger partial charge on any atom is 0.335 e. The fourth-order valence-electron chi connectivity index (χ4n) is 2.85. The van der Waals surface area contributed by atoms with Crippen LogP contribution >= 0.6 is 0 Å². The van der Waals surface area contributed by atoms with Crippen LogP contribution in [0, 0.1) is 0 Å². The van der Waals surface area contributed by atoms with E-state index < -0.39 is 5.97 Å². The van der Waals surface area contributed by atoms with Crippen LogP contribution in [-0.4, -0.2) is 34.1 Å². The highest BCUT2D eigenvalue weighted by Gasteiger charge is 2.29. The fraction of sp³-hybridized carbons (Fsp3) is 0.211. The number of carboxylic acid groups (broad SMARTS) is 1. The lowest BCUT2D eigenvalue weighted by molar-refractivity contribution is 0.0697. The van der Waals surface area contributed by atoms with Crippen molar-refractivity contribution in [2.75, 3.05) is 11.9 Å². The van der Waals surface area contributed by atoms with Gasteiger partial charge in [0.15, 0.2) is 5.82 Å². The Morgan fingerprint density at radius 2 is 1.83 bits per heavy atom. The van der Waals surface area contributed by atoms with E-state index in [0.717, 1.165) is 29.9 Å². The van der Waals surface area contributed by atoms with Crippen molar-refractivity contribution in [1.29, 1.82) is 0 Å². The maximum atomic E-state index is 11.2. The van der Waals surface area contributed by atoms with E-state index in [1.807, 2.05) is 37.4 Å². The monoisotopic (exact) mass is 319 g/mol. The number of hydrogen-bond acceptors (Lipinski definition) is 4. The number of hydrogen-bond donors (Lipinski definition) is 1. The van der Waals surface area contributed by atoms with Crippen molar-refractivity contribution >= 4 is 22.8 Å². The molecule has 1 N–H and O–H groups in total. The van der Waals surface area contributed by atoms with Crippen molar-refractivity contribution in [2.24, 2.45) is 0 Å². The van der Waals surface area contributed by atoms with Gasteiger partial charge in [0.1, 0.15) is 5.69 Å². The van der Waals surface area contributed by atoms with E-state index in [1.54, 1.807) is 18.2 Å². The third-order valence-electron chi connectivity index (χ3n) is 4.37. The predicted octanol–water partition coefficient (Wildman–Crippen LogP) is 3.59. The molecule has 0 atom stereocenters. The van der Waals surface area contributed by atoms with Crippen molar-refractivity contribution in [3.8, 4) is 11.3 Å². The Labute approximate surface area is 139 Å². The molecule has 0 saturated heterocycles. The van der Waals surface area contributed by atoms with Crippen molar-refractivity contribution in [3.63, 3.8) is 0 Å². The first-order chi connectivity index (χ1) is 11.6. The lowest BCUT2D eigenvalue weighted by Gasteiger charge is -2.21. The van der Waals surface area contributed by atoms with Crippen molar-refractivity contribution < 1.29 is 9.90 Å². The zero-order valence-electron chi connectivity index (χ0n) is 13.3. The summed E-state index contributed by atoms with van der Waals surface area (Å²) in [5, 5.41) is 9.19.